The Hall–Kier alpha value is -3.53. The van der Waals surface area contributed by atoms with E-state index in [0.29, 0.717) is 23.9 Å². The van der Waals surface area contributed by atoms with Crippen molar-refractivity contribution in [2.75, 3.05) is 25.6 Å². The molecule has 1 aliphatic heterocycles. The molecule has 0 aliphatic carbocycles. The third-order valence-corrected chi connectivity index (χ3v) is 5.31. The summed E-state index contributed by atoms with van der Waals surface area (Å²) in [4.78, 5) is 12.1. The average Bonchev–Trinajstić information content (AvgIpc) is 3.25. The third kappa shape index (κ3) is 5.11. The summed E-state index contributed by atoms with van der Waals surface area (Å²) in [7, 11) is 1.53. The van der Waals surface area contributed by atoms with Crippen LogP contribution in [0.3, 0.4) is 0 Å². The van der Waals surface area contributed by atoms with E-state index in [0.717, 1.165) is 17.2 Å². The normalized spacial score (nSPS) is 15.6. The van der Waals surface area contributed by atoms with E-state index in [1.165, 1.54) is 25.3 Å². The van der Waals surface area contributed by atoms with Crippen LogP contribution in [0.25, 0.3) is 0 Å². The minimum absolute atomic E-state index is 0.0175. The van der Waals surface area contributed by atoms with Crippen LogP contribution < -0.4 is 14.8 Å². The van der Waals surface area contributed by atoms with Gasteiger partial charge in [0.1, 0.15) is 13.2 Å². The first-order chi connectivity index (χ1) is 15.9. The van der Waals surface area contributed by atoms with Gasteiger partial charge in [-0.3, -0.25) is 9.89 Å². The Bertz CT molecular complexity index is 1130. The van der Waals surface area contributed by atoms with Gasteiger partial charge in [0.15, 0.2) is 17.3 Å². The molecule has 4 rings (SSSR count). The Balaban J connectivity index is 1.61. The zero-order valence-corrected chi connectivity index (χ0v) is 17.7. The molecular formula is C23H22F3N3O4. The number of nitrogens with one attached hydrogen (secondary N) is 2. The number of rotatable bonds is 8. The second kappa shape index (κ2) is 9.53. The molecule has 1 aliphatic rings. The van der Waals surface area contributed by atoms with Gasteiger partial charge in [-0.1, -0.05) is 24.3 Å². The van der Waals surface area contributed by atoms with Crippen LogP contribution in [0, 0.1) is 0 Å². The molecule has 0 spiro atoms. The van der Waals surface area contributed by atoms with E-state index >= 15 is 0 Å². The lowest BCUT2D eigenvalue weighted by Crippen LogP contribution is -2.23. The molecule has 174 valence electrons. The van der Waals surface area contributed by atoms with Crippen LogP contribution in [-0.2, 0) is 22.3 Å². The molecular weight excluding hydrogens is 439 g/mol. The van der Waals surface area contributed by atoms with Crippen molar-refractivity contribution in [2.45, 2.75) is 25.1 Å². The number of ether oxygens (including phenoxy) is 3. The van der Waals surface area contributed by atoms with Gasteiger partial charge in [0.25, 0.3) is 0 Å². The number of amides is 1. The maximum atomic E-state index is 13.3. The summed E-state index contributed by atoms with van der Waals surface area (Å²) in [5.41, 5.74) is 0.904. The van der Waals surface area contributed by atoms with Gasteiger partial charge in [-0.25, -0.2) is 0 Å². The standard InChI is InChI=1S/C23H22F3N3O4/c1-31-8-9-32-20-10-14(16-11-21(30)28-22-17(16)12-27-29-22)6-7-19(20)33-13-15-4-2-3-5-18(15)23(24,25)26/h2-7,10,12,16H,8-9,11,13H2,1H3,(H2,27,28,29,30). The zero-order chi connectivity index (χ0) is 23.4. The highest BCUT2D eigenvalue weighted by Crippen LogP contribution is 2.40. The molecule has 7 nitrogen and oxygen atoms in total. The molecule has 1 amide bonds. The van der Waals surface area contributed by atoms with Gasteiger partial charge < -0.3 is 19.5 Å². The molecule has 3 aromatic rings. The summed E-state index contributed by atoms with van der Waals surface area (Å²) in [6.45, 7) is 0.253. The number of aromatic nitrogens is 2. The number of aromatic amines is 1. The monoisotopic (exact) mass is 461 g/mol. The Morgan fingerprint density at radius 1 is 1.09 bits per heavy atom. The van der Waals surface area contributed by atoms with Crippen molar-refractivity contribution in [2.24, 2.45) is 0 Å². The van der Waals surface area contributed by atoms with Gasteiger partial charge in [-0.2, -0.15) is 18.3 Å². The fourth-order valence-electron chi connectivity index (χ4n) is 3.73. The quantitative estimate of drug-likeness (QED) is 0.483. The smallest absolute Gasteiger partial charge is 0.416 e. The molecule has 0 saturated carbocycles. The lowest BCUT2D eigenvalue weighted by Gasteiger charge is -2.23. The van der Waals surface area contributed by atoms with Crippen molar-refractivity contribution < 1.29 is 32.2 Å². The number of hydrogen-bond acceptors (Lipinski definition) is 5. The number of hydrogen-bond donors (Lipinski definition) is 2. The lowest BCUT2D eigenvalue weighted by molar-refractivity contribution is -0.138. The SMILES string of the molecule is COCCOc1cc(C2CC(=O)Nc3n[nH]cc32)ccc1OCc1ccccc1C(F)(F)F. The first-order valence-corrected chi connectivity index (χ1v) is 10.2. The van der Waals surface area contributed by atoms with Crippen molar-refractivity contribution in [1.29, 1.82) is 0 Å². The van der Waals surface area contributed by atoms with Crippen LogP contribution in [0.2, 0.25) is 0 Å². The molecule has 10 heteroatoms. The van der Waals surface area contributed by atoms with Crippen LogP contribution >= 0.6 is 0 Å². The number of halogens is 3. The van der Waals surface area contributed by atoms with Gasteiger partial charge >= 0.3 is 6.18 Å². The molecule has 0 radical (unpaired) electrons. The van der Waals surface area contributed by atoms with Crippen LogP contribution in [-0.4, -0.2) is 36.4 Å². The molecule has 0 saturated heterocycles. The number of alkyl halides is 3. The number of anilines is 1. The van der Waals surface area contributed by atoms with Gasteiger partial charge in [-0.05, 0) is 23.8 Å². The summed E-state index contributed by atoms with van der Waals surface area (Å²) in [5.74, 6) is 0.703. The fourth-order valence-corrected chi connectivity index (χ4v) is 3.73. The number of fused-ring (bicyclic) bond motifs is 1. The molecule has 2 N–H and O–H groups in total. The number of carbonyl (C=O) groups is 1. The van der Waals surface area contributed by atoms with E-state index in [2.05, 4.69) is 15.5 Å². The van der Waals surface area contributed by atoms with E-state index in [1.54, 1.807) is 24.4 Å². The predicted octanol–water partition coefficient (Wildman–Crippen LogP) is 4.51. The van der Waals surface area contributed by atoms with Crippen LogP contribution in [0.15, 0.2) is 48.7 Å². The minimum atomic E-state index is -4.48. The number of methoxy groups -OCH3 is 1. The van der Waals surface area contributed by atoms with Crippen LogP contribution in [0.5, 0.6) is 11.5 Å². The van der Waals surface area contributed by atoms with Crippen LogP contribution in [0.4, 0.5) is 19.0 Å². The van der Waals surface area contributed by atoms with Gasteiger partial charge in [0.2, 0.25) is 5.91 Å². The van der Waals surface area contributed by atoms with E-state index in [9.17, 15) is 18.0 Å². The predicted molar refractivity (Wildman–Crippen MR) is 113 cm³/mol. The number of benzene rings is 2. The summed E-state index contributed by atoms with van der Waals surface area (Å²) in [5, 5.41) is 9.53. The minimum Gasteiger partial charge on any atom is -0.487 e. The molecule has 2 heterocycles. The highest BCUT2D eigenvalue weighted by Gasteiger charge is 2.33. The molecule has 2 aromatic carbocycles. The number of H-pyrrole nitrogens is 1. The summed E-state index contributed by atoms with van der Waals surface area (Å²) >= 11 is 0. The Morgan fingerprint density at radius 3 is 2.70 bits per heavy atom. The van der Waals surface area contributed by atoms with E-state index in [4.69, 9.17) is 14.2 Å². The van der Waals surface area contributed by atoms with Gasteiger partial charge in [0.05, 0.1) is 12.2 Å². The van der Waals surface area contributed by atoms with Gasteiger partial charge in [-0.15, -0.1) is 0 Å². The molecule has 1 atom stereocenters. The summed E-state index contributed by atoms with van der Waals surface area (Å²) in [6.07, 6.45) is -2.53. The Kier molecular flexibility index (Phi) is 6.55. The van der Waals surface area contributed by atoms with Crippen molar-refractivity contribution in [3.8, 4) is 11.5 Å². The molecule has 0 bridgehead atoms. The molecule has 1 aromatic heterocycles. The maximum absolute atomic E-state index is 13.3. The first kappa shape index (κ1) is 22.7. The van der Waals surface area contributed by atoms with Crippen LogP contribution in [0.1, 0.15) is 34.6 Å². The first-order valence-electron chi connectivity index (χ1n) is 10.2. The fraction of sp³-hybridized carbons (Fsp3) is 0.304. The van der Waals surface area contributed by atoms with Crippen molar-refractivity contribution in [1.82, 2.24) is 10.2 Å². The van der Waals surface area contributed by atoms with E-state index < -0.39 is 11.7 Å². The second-order valence-electron chi connectivity index (χ2n) is 7.49. The van der Waals surface area contributed by atoms with Crippen molar-refractivity contribution in [3.05, 3.63) is 70.9 Å². The third-order valence-electron chi connectivity index (χ3n) is 5.31. The van der Waals surface area contributed by atoms with Crippen molar-refractivity contribution in [3.63, 3.8) is 0 Å². The van der Waals surface area contributed by atoms with Gasteiger partial charge in [0, 0.05) is 36.8 Å². The zero-order valence-electron chi connectivity index (χ0n) is 17.7. The highest BCUT2D eigenvalue weighted by molar-refractivity contribution is 5.94. The number of carbonyl (C=O) groups excluding carboxylic acids is 1. The topological polar surface area (TPSA) is 85.5 Å². The molecule has 0 fully saturated rings. The van der Waals surface area contributed by atoms with E-state index in [1.807, 2.05) is 0 Å². The Morgan fingerprint density at radius 2 is 1.91 bits per heavy atom. The largest absolute Gasteiger partial charge is 0.487 e. The lowest BCUT2D eigenvalue weighted by atomic mass is 9.87. The molecule has 33 heavy (non-hydrogen) atoms. The summed E-state index contributed by atoms with van der Waals surface area (Å²) in [6, 6.07) is 10.4. The Labute approximate surface area is 187 Å². The maximum Gasteiger partial charge on any atom is 0.416 e. The second-order valence-corrected chi connectivity index (χ2v) is 7.49. The summed E-state index contributed by atoms with van der Waals surface area (Å²) < 4.78 is 56.5. The average molecular weight is 461 g/mol. The number of nitrogens with zero attached hydrogens (tertiary/aromatic N) is 1. The molecule has 1 unspecified atom stereocenters. The highest BCUT2D eigenvalue weighted by atomic mass is 19.4. The van der Waals surface area contributed by atoms with E-state index in [-0.39, 0.29) is 37.0 Å². The van der Waals surface area contributed by atoms with Crippen molar-refractivity contribution >= 4 is 11.7 Å².